The van der Waals surface area contributed by atoms with Gasteiger partial charge in [0.05, 0.1) is 0 Å². The average Bonchev–Trinajstić information content (AvgIpc) is 2.71. The van der Waals surface area contributed by atoms with Gasteiger partial charge in [0, 0.05) is 12.4 Å². The van der Waals surface area contributed by atoms with Gasteiger partial charge in [-0.15, -0.1) is 12.4 Å². The molecule has 6 heteroatoms. The predicted octanol–water partition coefficient (Wildman–Crippen LogP) is 1.59. The number of aromatic nitrogens is 3. The fourth-order valence-corrected chi connectivity index (χ4v) is 1.09. The van der Waals surface area contributed by atoms with Crippen LogP contribution < -0.4 is 0 Å². The normalized spacial score (nSPS) is 9.33. The number of imidazole rings is 1. The van der Waals surface area contributed by atoms with Crippen LogP contribution in [0.4, 0.5) is 0 Å². The van der Waals surface area contributed by atoms with Gasteiger partial charge in [0.25, 0.3) is 0 Å². The van der Waals surface area contributed by atoms with E-state index in [0.29, 0.717) is 11.5 Å². The molecule has 5 nitrogen and oxygen atoms in total. The van der Waals surface area contributed by atoms with Gasteiger partial charge in [0.15, 0.2) is 5.82 Å². The van der Waals surface area contributed by atoms with Crippen LogP contribution in [0.25, 0.3) is 11.5 Å². The number of hydrogen-bond acceptors (Lipinski definition) is 3. The number of nitrogens with one attached hydrogen (secondary N) is 1. The van der Waals surface area contributed by atoms with Crippen molar-refractivity contribution in [1.82, 2.24) is 15.0 Å². The Hall–Kier alpha value is -1.88. The Labute approximate surface area is 91.6 Å². The van der Waals surface area contributed by atoms with E-state index in [0.717, 1.165) is 0 Å². The number of nitrogens with zero attached hydrogens (tertiary/aromatic N) is 2. The topological polar surface area (TPSA) is 78.9 Å². The number of aromatic carboxylic acids is 1. The molecule has 0 bridgehead atoms. The maximum Gasteiger partial charge on any atom is 0.354 e. The number of H-pyrrole nitrogens is 1. The number of rotatable bonds is 2. The van der Waals surface area contributed by atoms with Gasteiger partial charge in [-0.25, -0.2) is 14.8 Å². The first-order valence-corrected chi connectivity index (χ1v) is 3.97. The molecule has 0 saturated carbocycles. The molecule has 78 valence electrons. The minimum atomic E-state index is -1.04. The van der Waals surface area contributed by atoms with Crippen LogP contribution in [-0.2, 0) is 0 Å². The number of carboxylic acids is 1. The zero-order valence-corrected chi connectivity index (χ0v) is 8.36. The second-order valence-electron chi connectivity index (χ2n) is 2.65. The molecule has 0 aromatic carbocycles. The summed E-state index contributed by atoms with van der Waals surface area (Å²) in [4.78, 5) is 21.4. The van der Waals surface area contributed by atoms with Crippen molar-refractivity contribution < 1.29 is 9.90 Å². The van der Waals surface area contributed by atoms with Gasteiger partial charge in [-0.05, 0) is 12.1 Å². The second kappa shape index (κ2) is 4.56. The van der Waals surface area contributed by atoms with Crippen molar-refractivity contribution in [3.63, 3.8) is 0 Å². The third-order valence-corrected chi connectivity index (χ3v) is 1.71. The Bertz CT molecular complexity index is 456. The fraction of sp³-hybridized carbons (Fsp3) is 0. The highest BCUT2D eigenvalue weighted by molar-refractivity contribution is 5.86. The summed E-state index contributed by atoms with van der Waals surface area (Å²) < 4.78 is 0. The van der Waals surface area contributed by atoms with Gasteiger partial charge >= 0.3 is 5.97 Å². The molecule has 0 atom stereocenters. The lowest BCUT2D eigenvalue weighted by Gasteiger charge is -1.97. The molecule has 0 fully saturated rings. The van der Waals surface area contributed by atoms with Crippen molar-refractivity contribution in [1.29, 1.82) is 0 Å². The van der Waals surface area contributed by atoms with E-state index in [1.807, 2.05) is 0 Å². The molecule has 0 saturated heterocycles. The van der Waals surface area contributed by atoms with E-state index in [9.17, 15) is 4.79 Å². The van der Waals surface area contributed by atoms with Crippen molar-refractivity contribution in [2.75, 3.05) is 0 Å². The van der Waals surface area contributed by atoms with E-state index in [4.69, 9.17) is 5.11 Å². The first-order chi connectivity index (χ1) is 6.77. The highest BCUT2D eigenvalue weighted by Crippen LogP contribution is 2.11. The van der Waals surface area contributed by atoms with Crippen molar-refractivity contribution >= 4 is 18.4 Å². The summed E-state index contributed by atoms with van der Waals surface area (Å²) >= 11 is 0. The Morgan fingerprint density at radius 1 is 1.40 bits per heavy atom. The molecule has 0 aliphatic rings. The number of carboxylic acid groups (broad SMARTS) is 1. The number of halogens is 1. The number of hydrogen-bond donors (Lipinski definition) is 2. The summed E-state index contributed by atoms with van der Waals surface area (Å²) in [6.07, 6.45) is 3.24. The summed E-state index contributed by atoms with van der Waals surface area (Å²) in [6, 6.07) is 4.77. The molecule has 0 aliphatic heterocycles. The molecule has 15 heavy (non-hydrogen) atoms. The van der Waals surface area contributed by atoms with E-state index in [-0.39, 0.29) is 18.1 Å². The Morgan fingerprint density at radius 2 is 2.20 bits per heavy atom. The average molecular weight is 226 g/mol. The van der Waals surface area contributed by atoms with E-state index >= 15 is 0 Å². The molecule has 0 radical (unpaired) electrons. The zero-order valence-electron chi connectivity index (χ0n) is 7.54. The third kappa shape index (κ3) is 2.32. The SMILES string of the molecule is Cl.O=C(O)c1cccc(-c2ncc[nH]2)n1. The van der Waals surface area contributed by atoms with Gasteiger partial charge in [-0.1, -0.05) is 6.07 Å². The quantitative estimate of drug-likeness (QED) is 0.814. The van der Waals surface area contributed by atoms with Crippen LogP contribution >= 0.6 is 12.4 Å². The summed E-state index contributed by atoms with van der Waals surface area (Å²) in [5.74, 6) is -0.480. The maximum absolute atomic E-state index is 10.6. The lowest BCUT2D eigenvalue weighted by molar-refractivity contribution is 0.0690. The molecule has 2 aromatic heterocycles. The summed E-state index contributed by atoms with van der Waals surface area (Å²) in [5.41, 5.74) is 0.536. The van der Waals surface area contributed by atoms with Gasteiger partial charge in [0.1, 0.15) is 11.4 Å². The molecule has 2 aromatic rings. The zero-order chi connectivity index (χ0) is 9.97. The fourth-order valence-electron chi connectivity index (χ4n) is 1.09. The van der Waals surface area contributed by atoms with E-state index in [2.05, 4.69) is 15.0 Å². The van der Waals surface area contributed by atoms with Crippen LogP contribution in [0.1, 0.15) is 10.5 Å². The smallest absolute Gasteiger partial charge is 0.354 e. The summed E-state index contributed by atoms with van der Waals surface area (Å²) in [5, 5.41) is 8.71. The largest absolute Gasteiger partial charge is 0.477 e. The number of pyridine rings is 1. The van der Waals surface area contributed by atoms with E-state index in [1.54, 1.807) is 24.5 Å². The monoisotopic (exact) mass is 225 g/mol. The Kier molecular flexibility index (Phi) is 3.41. The Balaban J connectivity index is 0.00000112. The van der Waals surface area contributed by atoms with Gasteiger partial charge in [-0.2, -0.15) is 0 Å². The molecule has 2 heterocycles. The molecular formula is C9H8ClN3O2. The second-order valence-corrected chi connectivity index (χ2v) is 2.65. The Morgan fingerprint density at radius 3 is 2.80 bits per heavy atom. The van der Waals surface area contributed by atoms with Crippen LogP contribution in [0.5, 0.6) is 0 Å². The summed E-state index contributed by atoms with van der Waals surface area (Å²) in [7, 11) is 0. The molecule has 2 rings (SSSR count). The molecule has 0 aliphatic carbocycles. The lowest BCUT2D eigenvalue weighted by Crippen LogP contribution is -2.00. The van der Waals surface area contributed by atoms with Gasteiger partial charge in [0.2, 0.25) is 0 Å². The van der Waals surface area contributed by atoms with Crippen LogP contribution in [0.15, 0.2) is 30.6 Å². The molecule has 2 N–H and O–H groups in total. The van der Waals surface area contributed by atoms with Crippen molar-refractivity contribution in [3.05, 3.63) is 36.3 Å². The van der Waals surface area contributed by atoms with Crippen LogP contribution in [0.3, 0.4) is 0 Å². The highest BCUT2D eigenvalue weighted by atomic mass is 35.5. The van der Waals surface area contributed by atoms with Crippen LogP contribution in [0, 0.1) is 0 Å². The first kappa shape index (κ1) is 11.2. The molecule has 0 spiro atoms. The first-order valence-electron chi connectivity index (χ1n) is 3.97. The lowest BCUT2D eigenvalue weighted by atomic mass is 10.3. The molecule has 0 unspecified atom stereocenters. The molecule has 0 amide bonds. The number of aromatic amines is 1. The standard InChI is InChI=1S/C9H7N3O2.ClH/c13-9(14)7-3-1-2-6(12-7)8-10-4-5-11-8;/h1-5H,(H,10,11)(H,13,14);1H. The van der Waals surface area contributed by atoms with Crippen molar-refractivity contribution in [2.45, 2.75) is 0 Å². The maximum atomic E-state index is 10.6. The van der Waals surface area contributed by atoms with Crippen molar-refractivity contribution in [3.8, 4) is 11.5 Å². The number of carbonyl (C=O) groups is 1. The highest BCUT2D eigenvalue weighted by Gasteiger charge is 2.07. The van der Waals surface area contributed by atoms with Gasteiger partial charge in [-0.3, -0.25) is 0 Å². The minimum absolute atomic E-state index is 0. The molecular weight excluding hydrogens is 218 g/mol. The summed E-state index contributed by atoms with van der Waals surface area (Å²) in [6.45, 7) is 0. The van der Waals surface area contributed by atoms with Gasteiger partial charge < -0.3 is 10.1 Å². The van der Waals surface area contributed by atoms with E-state index in [1.165, 1.54) is 6.07 Å². The third-order valence-electron chi connectivity index (χ3n) is 1.71. The predicted molar refractivity (Wildman–Crippen MR) is 56.0 cm³/mol. The van der Waals surface area contributed by atoms with Crippen molar-refractivity contribution in [2.24, 2.45) is 0 Å². The van der Waals surface area contributed by atoms with E-state index < -0.39 is 5.97 Å². The van der Waals surface area contributed by atoms with Crippen LogP contribution in [-0.4, -0.2) is 26.0 Å². The minimum Gasteiger partial charge on any atom is -0.477 e. The van der Waals surface area contributed by atoms with Crippen LogP contribution in [0.2, 0.25) is 0 Å².